The van der Waals surface area contributed by atoms with Gasteiger partial charge in [-0.3, -0.25) is 0 Å². The zero-order chi connectivity index (χ0) is 31.7. The molecule has 0 saturated carbocycles. The predicted molar refractivity (Wildman–Crippen MR) is 201 cm³/mol. The van der Waals surface area contributed by atoms with Gasteiger partial charge in [-0.1, -0.05) is 111 Å². The Morgan fingerprint density at radius 3 is 1.69 bits per heavy atom. The quantitative estimate of drug-likeness (QED) is 0.184. The molecule has 2 nitrogen and oxygen atoms in total. The highest BCUT2D eigenvalue weighted by atomic mass is 15.0. The number of para-hydroxylation sites is 2. The van der Waals surface area contributed by atoms with E-state index in [1.54, 1.807) is 0 Å². The molecule has 0 spiro atoms. The fourth-order valence-electron chi connectivity index (χ4n) is 9.16. The molecule has 0 fully saturated rings. The minimum absolute atomic E-state index is 0.0578. The SMILES string of the molecule is CC1(C)c2ccccc2-c2ccc(-n3c4ccccc4c4c5c6ccccc6n(-c6ccc7c(c6)-c6ccccc6C7)c5ccc43)cc21. The van der Waals surface area contributed by atoms with E-state index in [2.05, 4.69) is 169 Å². The van der Waals surface area contributed by atoms with E-state index in [-0.39, 0.29) is 5.41 Å². The molecular formula is C46H32N2. The van der Waals surface area contributed by atoms with Crippen molar-refractivity contribution in [2.24, 2.45) is 0 Å². The van der Waals surface area contributed by atoms with E-state index in [9.17, 15) is 0 Å². The van der Waals surface area contributed by atoms with Crippen LogP contribution < -0.4 is 0 Å². The average Bonchev–Trinajstić information content (AvgIpc) is 3.83. The molecule has 0 unspecified atom stereocenters. The van der Waals surface area contributed by atoms with Gasteiger partial charge in [0.05, 0.1) is 22.1 Å². The lowest BCUT2D eigenvalue weighted by atomic mass is 9.82. The van der Waals surface area contributed by atoms with Gasteiger partial charge in [-0.25, -0.2) is 0 Å². The molecule has 0 amide bonds. The minimum Gasteiger partial charge on any atom is -0.309 e. The minimum atomic E-state index is -0.0578. The van der Waals surface area contributed by atoms with Crippen LogP contribution in [0.1, 0.15) is 36.1 Å². The number of nitrogens with zero attached hydrogens (tertiary/aromatic N) is 2. The highest BCUT2D eigenvalue weighted by Crippen LogP contribution is 2.50. The fourth-order valence-corrected chi connectivity index (χ4v) is 9.16. The molecule has 0 saturated heterocycles. The van der Waals surface area contributed by atoms with Gasteiger partial charge in [0.1, 0.15) is 0 Å². The molecule has 2 heterocycles. The predicted octanol–water partition coefficient (Wildman–Crippen LogP) is 11.8. The Balaban J connectivity index is 1.20. The molecule has 11 rings (SSSR count). The van der Waals surface area contributed by atoms with E-state index >= 15 is 0 Å². The molecule has 7 aromatic carbocycles. The van der Waals surface area contributed by atoms with Crippen LogP contribution in [0.3, 0.4) is 0 Å². The third-order valence-electron chi connectivity index (χ3n) is 11.3. The van der Waals surface area contributed by atoms with Gasteiger partial charge in [-0.2, -0.15) is 0 Å². The number of fused-ring (bicyclic) bond motifs is 13. The number of hydrogen-bond acceptors (Lipinski definition) is 0. The summed E-state index contributed by atoms with van der Waals surface area (Å²) in [6, 6.07) is 54.5. The summed E-state index contributed by atoms with van der Waals surface area (Å²) in [5.74, 6) is 0. The molecule has 9 aromatic rings. The first-order valence-electron chi connectivity index (χ1n) is 17.0. The summed E-state index contributed by atoms with van der Waals surface area (Å²) >= 11 is 0. The van der Waals surface area contributed by atoms with E-state index in [0.717, 1.165) is 6.42 Å². The highest BCUT2D eigenvalue weighted by Gasteiger charge is 2.35. The molecule has 2 heteroatoms. The fraction of sp³-hybridized carbons (Fsp3) is 0.0870. The van der Waals surface area contributed by atoms with Crippen LogP contribution in [0.4, 0.5) is 0 Å². The van der Waals surface area contributed by atoms with Gasteiger partial charge in [0, 0.05) is 38.3 Å². The van der Waals surface area contributed by atoms with Gasteiger partial charge in [0.15, 0.2) is 0 Å². The molecule has 0 bridgehead atoms. The van der Waals surface area contributed by atoms with Gasteiger partial charge in [0.25, 0.3) is 0 Å². The Morgan fingerprint density at radius 2 is 0.958 bits per heavy atom. The second-order valence-electron chi connectivity index (χ2n) is 14.1. The van der Waals surface area contributed by atoms with Crippen molar-refractivity contribution in [3.05, 3.63) is 168 Å². The molecule has 0 radical (unpaired) electrons. The Bertz CT molecular complexity index is 2840. The van der Waals surface area contributed by atoms with Crippen molar-refractivity contribution in [3.63, 3.8) is 0 Å². The zero-order valence-electron chi connectivity index (χ0n) is 27.0. The highest BCUT2D eigenvalue weighted by molar-refractivity contribution is 6.29. The Labute approximate surface area is 279 Å². The van der Waals surface area contributed by atoms with Crippen LogP contribution in [0, 0.1) is 0 Å². The summed E-state index contributed by atoms with van der Waals surface area (Å²) in [4.78, 5) is 0. The first kappa shape index (κ1) is 26.2. The van der Waals surface area contributed by atoms with Crippen LogP contribution in [0.25, 0.3) is 77.2 Å². The summed E-state index contributed by atoms with van der Waals surface area (Å²) in [6.45, 7) is 4.73. The third kappa shape index (κ3) is 3.27. The van der Waals surface area contributed by atoms with E-state index < -0.39 is 0 Å². The largest absolute Gasteiger partial charge is 0.309 e. The van der Waals surface area contributed by atoms with E-state index in [4.69, 9.17) is 0 Å². The normalized spacial score (nSPS) is 14.1. The first-order valence-corrected chi connectivity index (χ1v) is 17.0. The van der Waals surface area contributed by atoms with Crippen LogP contribution in [0.2, 0.25) is 0 Å². The lowest BCUT2D eigenvalue weighted by Gasteiger charge is -2.22. The molecule has 0 atom stereocenters. The average molecular weight is 613 g/mol. The lowest BCUT2D eigenvalue weighted by Crippen LogP contribution is -2.15. The molecule has 2 aliphatic carbocycles. The van der Waals surface area contributed by atoms with E-state index in [1.165, 1.54) is 99.5 Å². The summed E-state index contributed by atoms with van der Waals surface area (Å²) in [5.41, 5.74) is 18.4. The van der Waals surface area contributed by atoms with Crippen LogP contribution in [0.5, 0.6) is 0 Å². The van der Waals surface area contributed by atoms with Crippen LogP contribution in [-0.2, 0) is 11.8 Å². The van der Waals surface area contributed by atoms with Gasteiger partial charge in [-0.05, 0) is 99.5 Å². The summed E-state index contributed by atoms with van der Waals surface area (Å²) in [6.07, 6.45) is 1.01. The molecule has 48 heavy (non-hydrogen) atoms. The summed E-state index contributed by atoms with van der Waals surface area (Å²) < 4.78 is 4.97. The lowest BCUT2D eigenvalue weighted by molar-refractivity contribution is 0.660. The molecule has 2 aliphatic rings. The van der Waals surface area contributed by atoms with Crippen LogP contribution >= 0.6 is 0 Å². The number of benzene rings is 7. The van der Waals surface area contributed by atoms with Gasteiger partial charge in [-0.15, -0.1) is 0 Å². The summed E-state index contributed by atoms with van der Waals surface area (Å²) in [5, 5.41) is 5.19. The second-order valence-corrected chi connectivity index (χ2v) is 14.1. The Hall–Kier alpha value is -5.86. The molecular weight excluding hydrogens is 581 g/mol. The van der Waals surface area contributed by atoms with Crippen molar-refractivity contribution in [2.45, 2.75) is 25.7 Å². The standard InChI is InChI=1S/C46H32N2/c1-46(2)38-16-8-5-13-33(38)34-22-21-31(27-39(34)46)48-41-18-10-7-15-36(41)45-43(48)24-23-42-44(45)35-14-6-9-17-40(35)47(42)30-20-19-29-25-28-11-3-4-12-32(28)37(29)26-30/h3-24,26-27H,25H2,1-2H3. The van der Waals surface area contributed by atoms with Crippen molar-refractivity contribution < 1.29 is 0 Å². The number of aromatic nitrogens is 2. The number of hydrogen-bond donors (Lipinski definition) is 0. The van der Waals surface area contributed by atoms with Crippen LogP contribution in [0.15, 0.2) is 146 Å². The Morgan fingerprint density at radius 1 is 0.417 bits per heavy atom. The second kappa shape index (κ2) is 9.14. The maximum Gasteiger partial charge on any atom is 0.0548 e. The molecule has 2 aromatic heterocycles. The molecule has 226 valence electrons. The monoisotopic (exact) mass is 612 g/mol. The van der Waals surface area contributed by atoms with Crippen molar-refractivity contribution in [1.29, 1.82) is 0 Å². The van der Waals surface area contributed by atoms with Crippen molar-refractivity contribution in [2.75, 3.05) is 0 Å². The van der Waals surface area contributed by atoms with Gasteiger partial charge in [0.2, 0.25) is 0 Å². The third-order valence-corrected chi connectivity index (χ3v) is 11.3. The maximum atomic E-state index is 2.49. The Kier molecular flexibility index (Phi) is 5.00. The van der Waals surface area contributed by atoms with Crippen molar-refractivity contribution in [3.8, 4) is 33.6 Å². The van der Waals surface area contributed by atoms with Crippen molar-refractivity contribution in [1.82, 2.24) is 9.13 Å². The molecule has 0 N–H and O–H groups in total. The van der Waals surface area contributed by atoms with Crippen molar-refractivity contribution >= 4 is 43.6 Å². The number of rotatable bonds is 2. The maximum absolute atomic E-state index is 2.49. The van der Waals surface area contributed by atoms with Crippen LogP contribution in [-0.4, -0.2) is 9.13 Å². The molecule has 0 aliphatic heterocycles. The first-order chi connectivity index (χ1) is 23.6. The smallest absolute Gasteiger partial charge is 0.0548 e. The van der Waals surface area contributed by atoms with Gasteiger partial charge >= 0.3 is 0 Å². The zero-order valence-corrected chi connectivity index (χ0v) is 27.0. The van der Waals surface area contributed by atoms with Gasteiger partial charge < -0.3 is 9.13 Å². The van der Waals surface area contributed by atoms with E-state index in [0.29, 0.717) is 0 Å². The topological polar surface area (TPSA) is 9.86 Å². The van der Waals surface area contributed by atoms with E-state index in [1.807, 2.05) is 0 Å². The summed E-state index contributed by atoms with van der Waals surface area (Å²) in [7, 11) is 0.